The number of halogens is 1. The van der Waals surface area contributed by atoms with Crippen molar-refractivity contribution in [1.29, 1.82) is 0 Å². The average molecular weight is 520 g/mol. The maximum Gasteiger partial charge on any atom is 0.410 e. The number of nitrogens with zero attached hydrogens (tertiary/aromatic N) is 4. The quantitative estimate of drug-likeness (QED) is 0.589. The van der Waals surface area contributed by atoms with Gasteiger partial charge in [-0.25, -0.2) is 14.5 Å². The lowest BCUT2D eigenvalue weighted by atomic mass is 10.1. The van der Waals surface area contributed by atoms with Crippen LogP contribution in [-0.2, 0) is 14.3 Å². The number of hydrogen-bond donors (Lipinski definition) is 1. The Morgan fingerprint density at radius 1 is 1.17 bits per heavy atom. The maximum absolute atomic E-state index is 12.7. The second kappa shape index (κ2) is 10.1. The number of pyridine rings is 1. The molecule has 0 bridgehead atoms. The maximum atomic E-state index is 12.7. The smallest absolute Gasteiger partial charge is 0.410 e. The van der Waals surface area contributed by atoms with E-state index in [1.165, 1.54) is 12.4 Å². The third-order valence-electron chi connectivity index (χ3n) is 5.44. The van der Waals surface area contributed by atoms with E-state index < -0.39 is 29.0 Å². The first-order valence-electron chi connectivity index (χ1n) is 11.4. The number of nitrogens with one attached hydrogen (secondary N) is 1. The van der Waals surface area contributed by atoms with Crippen molar-refractivity contribution in [1.82, 2.24) is 25.0 Å². The van der Waals surface area contributed by atoms with Gasteiger partial charge in [-0.1, -0.05) is 11.6 Å². The number of amides is 3. The van der Waals surface area contributed by atoms with Gasteiger partial charge < -0.3 is 19.1 Å². The van der Waals surface area contributed by atoms with Crippen LogP contribution in [0.4, 0.5) is 4.79 Å². The lowest BCUT2D eigenvalue weighted by molar-refractivity contribution is -0.136. The summed E-state index contributed by atoms with van der Waals surface area (Å²) in [7, 11) is 0. The molecule has 0 aromatic carbocycles. The SMILES string of the molecule is CC(C)(C)OC(=O)N1CC[C@H](Oc2ccc(Oc3cnn(C4CCC(=O)NC4=O)c(=O)c3Cl)cn2)C1. The third-order valence-corrected chi connectivity index (χ3v) is 5.79. The minimum atomic E-state index is -0.929. The fourth-order valence-corrected chi connectivity index (χ4v) is 3.92. The van der Waals surface area contributed by atoms with Crippen molar-refractivity contribution in [3.63, 3.8) is 0 Å². The Labute approximate surface area is 211 Å². The van der Waals surface area contributed by atoms with Crippen LogP contribution in [0.3, 0.4) is 0 Å². The van der Waals surface area contributed by atoms with Crippen LogP contribution in [-0.4, -0.2) is 62.4 Å². The van der Waals surface area contributed by atoms with E-state index >= 15 is 0 Å². The number of ether oxygens (including phenoxy) is 3. The summed E-state index contributed by atoms with van der Waals surface area (Å²) in [4.78, 5) is 54.1. The van der Waals surface area contributed by atoms with Gasteiger partial charge in [0.15, 0.2) is 10.8 Å². The van der Waals surface area contributed by atoms with Gasteiger partial charge in [-0.3, -0.25) is 19.7 Å². The molecule has 0 saturated carbocycles. The van der Waals surface area contributed by atoms with Crippen molar-refractivity contribution in [2.75, 3.05) is 13.1 Å². The van der Waals surface area contributed by atoms with Crippen molar-refractivity contribution in [3.8, 4) is 17.4 Å². The number of hydrogen-bond acceptors (Lipinski definition) is 9. The van der Waals surface area contributed by atoms with Gasteiger partial charge in [-0.05, 0) is 33.3 Å². The van der Waals surface area contributed by atoms with Gasteiger partial charge >= 0.3 is 6.09 Å². The van der Waals surface area contributed by atoms with E-state index in [4.69, 9.17) is 25.8 Å². The Morgan fingerprint density at radius 3 is 2.61 bits per heavy atom. The van der Waals surface area contributed by atoms with Crippen LogP contribution in [0, 0.1) is 0 Å². The lowest BCUT2D eigenvalue weighted by Gasteiger charge is -2.24. The predicted octanol–water partition coefficient (Wildman–Crippen LogP) is 2.45. The van der Waals surface area contributed by atoms with Crippen molar-refractivity contribution in [3.05, 3.63) is 39.9 Å². The second-order valence-corrected chi connectivity index (χ2v) is 9.81. The highest BCUT2D eigenvalue weighted by Crippen LogP contribution is 2.28. The first-order valence-corrected chi connectivity index (χ1v) is 11.8. The Bertz CT molecular complexity index is 1220. The van der Waals surface area contributed by atoms with Crippen molar-refractivity contribution < 1.29 is 28.6 Å². The molecule has 36 heavy (non-hydrogen) atoms. The molecule has 2 saturated heterocycles. The van der Waals surface area contributed by atoms with Gasteiger partial charge in [0, 0.05) is 25.5 Å². The van der Waals surface area contributed by atoms with Crippen molar-refractivity contribution in [2.45, 2.75) is 57.8 Å². The molecule has 2 aliphatic rings. The molecule has 12 nitrogen and oxygen atoms in total. The fourth-order valence-electron chi connectivity index (χ4n) is 3.75. The summed E-state index contributed by atoms with van der Waals surface area (Å²) in [6.45, 7) is 6.36. The van der Waals surface area contributed by atoms with E-state index in [1.807, 2.05) is 20.8 Å². The summed E-state index contributed by atoms with van der Waals surface area (Å²) in [6, 6.07) is 2.25. The summed E-state index contributed by atoms with van der Waals surface area (Å²) in [5.74, 6) is -0.392. The molecule has 2 aromatic heterocycles. The Morgan fingerprint density at radius 2 is 1.94 bits per heavy atom. The summed E-state index contributed by atoms with van der Waals surface area (Å²) in [5, 5.41) is 5.92. The van der Waals surface area contributed by atoms with Crippen LogP contribution in [0.2, 0.25) is 5.02 Å². The summed E-state index contributed by atoms with van der Waals surface area (Å²) in [5.41, 5.74) is -1.28. The highest BCUT2D eigenvalue weighted by molar-refractivity contribution is 6.31. The standard InChI is InChI=1S/C23H26ClN5O7/c1-23(2,3)36-22(33)28-9-8-14(12-28)35-18-7-4-13(10-25-18)34-16-11-26-29(21(32)19(16)24)15-5-6-17(30)27-20(15)31/h4,7,10-11,14-15H,5-6,8-9,12H2,1-3H3,(H,27,30,31)/t14-,15?/m0/s1. The topological polar surface area (TPSA) is 142 Å². The zero-order valence-corrected chi connectivity index (χ0v) is 20.8. The van der Waals surface area contributed by atoms with Crippen LogP contribution in [0.15, 0.2) is 29.3 Å². The Balaban J connectivity index is 1.36. The molecule has 2 aromatic rings. The molecule has 3 amide bonds. The minimum Gasteiger partial charge on any atom is -0.472 e. The molecule has 4 rings (SSSR count). The molecule has 0 spiro atoms. The molecule has 13 heteroatoms. The van der Waals surface area contributed by atoms with Gasteiger partial charge in [0.1, 0.15) is 23.5 Å². The predicted molar refractivity (Wildman–Crippen MR) is 126 cm³/mol. The Hall–Kier alpha value is -3.67. The zero-order valence-electron chi connectivity index (χ0n) is 20.0. The number of piperidine rings is 1. The number of imide groups is 1. The monoisotopic (exact) mass is 519 g/mol. The van der Waals surface area contributed by atoms with Crippen molar-refractivity contribution >= 4 is 29.5 Å². The lowest BCUT2D eigenvalue weighted by Crippen LogP contribution is -2.45. The molecule has 0 aliphatic carbocycles. The van der Waals surface area contributed by atoms with Gasteiger partial charge in [-0.15, -0.1) is 0 Å². The minimum absolute atomic E-state index is 0.00975. The van der Waals surface area contributed by atoms with E-state index in [0.29, 0.717) is 25.4 Å². The molecule has 2 aliphatic heterocycles. The first kappa shape index (κ1) is 25.4. The number of rotatable bonds is 5. The van der Waals surface area contributed by atoms with Gasteiger partial charge in [-0.2, -0.15) is 5.10 Å². The molecule has 2 fully saturated rings. The average Bonchev–Trinajstić information content (AvgIpc) is 3.27. The molecular weight excluding hydrogens is 494 g/mol. The van der Waals surface area contributed by atoms with Crippen LogP contribution in [0.1, 0.15) is 46.1 Å². The summed E-state index contributed by atoms with van der Waals surface area (Å²) >= 11 is 6.18. The third kappa shape index (κ3) is 5.93. The summed E-state index contributed by atoms with van der Waals surface area (Å²) in [6.07, 6.45) is 2.91. The van der Waals surface area contributed by atoms with E-state index in [2.05, 4.69) is 15.4 Å². The number of carbonyl (C=O) groups excluding carboxylic acids is 3. The van der Waals surface area contributed by atoms with E-state index in [1.54, 1.807) is 17.0 Å². The highest BCUT2D eigenvalue weighted by Gasteiger charge is 2.32. The van der Waals surface area contributed by atoms with Gasteiger partial charge in [0.05, 0.1) is 18.9 Å². The first-order chi connectivity index (χ1) is 17.0. The second-order valence-electron chi connectivity index (χ2n) is 9.43. The Kier molecular flexibility index (Phi) is 7.16. The van der Waals surface area contributed by atoms with E-state index in [-0.39, 0.29) is 41.6 Å². The molecule has 1 N–H and O–H groups in total. The van der Waals surface area contributed by atoms with Crippen LogP contribution in [0.25, 0.3) is 0 Å². The summed E-state index contributed by atoms with van der Waals surface area (Å²) < 4.78 is 17.8. The number of aromatic nitrogens is 3. The highest BCUT2D eigenvalue weighted by atomic mass is 35.5. The molecule has 0 radical (unpaired) electrons. The van der Waals surface area contributed by atoms with E-state index in [9.17, 15) is 19.2 Å². The molecule has 192 valence electrons. The molecule has 4 heterocycles. The van der Waals surface area contributed by atoms with Crippen LogP contribution < -0.4 is 20.3 Å². The largest absolute Gasteiger partial charge is 0.472 e. The van der Waals surface area contributed by atoms with Crippen molar-refractivity contribution in [2.24, 2.45) is 0 Å². The zero-order chi connectivity index (χ0) is 26.0. The van der Waals surface area contributed by atoms with Gasteiger partial charge in [0.2, 0.25) is 11.8 Å². The van der Waals surface area contributed by atoms with E-state index in [0.717, 1.165) is 4.68 Å². The van der Waals surface area contributed by atoms with Crippen LogP contribution in [0.5, 0.6) is 17.4 Å². The molecule has 1 unspecified atom stereocenters. The fraction of sp³-hybridized carbons (Fsp3) is 0.478. The van der Waals surface area contributed by atoms with Crippen LogP contribution >= 0.6 is 11.6 Å². The number of carbonyl (C=O) groups is 3. The normalized spacial score (nSPS) is 20.2. The van der Waals surface area contributed by atoms with Gasteiger partial charge in [0.25, 0.3) is 11.5 Å². The molecular formula is C23H26ClN5O7. The molecule has 2 atom stereocenters. The number of likely N-dealkylation sites (tertiary alicyclic amines) is 1.